The third-order valence-corrected chi connectivity index (χ3v) is 3.68. The first kappa shape index (κ1) is 13.0. The van der Waals surface area contributed by atoms with Gasteiger partial charge in [-0.2, -0.15) is 5.10 Å². The van der Waals surface area contributed by atoms with Gasteiger partial charge in [0, 0.05) is 11.6 Å². The van der Waals surface area contributed by atoms with Gasteiger partial charge in [-0.15, -0.1) is 0 Å². The fourth-order valence-electron chi connectivity index (χ4n) is 2.47. The molecule has 0 fully saturated rings. The summed E-state index contributed by atoms with van der Waals surface area (Å²) in [5.41, 5.74) is 10.8. The zero-order valence-electron chi connectivity index (χ0n) is 11.7. The van der Waals surface area contributed by atoms with Gasteiger partial charge in [-0.25, -0.2) is 9.67 Å². The van der Waals surface area contributed by atoms with Crippen LogP contribution < -0.4 is 5.73 Å². The highest BCUT2D eigenvalue weighted by Gasteiger charge is 2.18. The molecule has 0 spiro atoms. The Labute approximate surface area is 122 Å². The zero-order valence-corrected chi connectivity index (χ0v) is 12.4. The van der Waals surface area contributed by atoms with Crippen LogP contribution in [0.25, 0.3) is 16.9 Å². The van der Waals surface area contributed by atoms with Crippen molar-refractivity contribution in [1.82, 2.24) is 19.3 Å². The van der Waals surface area contributed by atoms with Gasteiger partial charge in [0.05, 0.1) is 11.4 Å². The SMILES string of the molecule is CCn1nc(C)c2nc(N)n(-c3cc(Cl)ccc3C)c21. The Morgan fingerprint density at radius 1 is 1.30 bits per heavy atom. The maximum absolute atomic E-state index is 6.12. The lowest BCUT2D eigenvalue weighted by atomic mass is 10.2. The van der Waals surface area contributed by atoms with Crippen LogP contribution in [-0.4, -0.2) is 19.3 Å². The lowest BCUT2D eigenvalue weighted by molar-refractivity contribution is 0.663. The van der Waals surface area contributed by atoms with Crippen LogP contribution >= 0.6 is 11.6 Å². The molecular weight excluding hydrogens is 274 g/mol. The highest BCUT2D eigenvalue weighted by molar-refractivity contribution is 6.30. The minimum Gasteiger partial charge on any atom is -0.369 e. The van der Waals surface area contributed by atoms with E-state index in [0.29, 0.717) is 11.0 Å². The van der Waals surface area contributed by atoms with Crippen LogP contribution in [0, 0.1) is 13.8 Å². The summed E-state index contributed by atoms with van der Waals surface area (Å²) in [4.78, 5) is 4.44. The number of anilines is 1. The van der Waals surface area contributed by atoms with E-state index in [-0.39, 0.29) is 0 Å². The van der Waals surface area contributed by atoms with E-state index >= 15 is 0 Å². The molecule has 0 atom stereocenters. The molecule has 5 nitrogen and oxygen atoms in total. The van der Waals surface area contributed by atoms with Gasteiger partial charge in [0.1, 0.15) is 5.52 Å². The summed E-state index contributed by atoms with van der Waals surface area (Å²) in [5, 5.41) is 5.16. The molecule has 3 aromatic rings. The summed E-state index contributed by atoms with van der Waals surface area (Å²) in [6.07, 6.45) is 0. The van der Waals surface area contributed by atoms with Crippen molar-refractivity contribution < 1.29 is 0 Å². The number of halogens is 1. The molecule has 20 heavy (non-hydrogen) atoms. The molecule has 0 bridgehead atoms. The average molecular weight is 290 g/mol. The van der Waals surface area contributed by atoms with Crippen LogP contribution in [0.2, 0.25) is 5.02 Å². The Kier molecular flexibility index (Phi) is 2.94. The van der Waals surface area contributed by atoms with Crippen molar-refractivity contribution in [3.8, 4) is 5.69 Å². The van der Waals surface area contributed by atoms with Gasteiger partial charge in [-0.3, -0.25) is 4.57 Å². The molecule has 0 radical (unpaired) electrons. The molecule has 0 unspecified atom stereocenters. The lowest BCUT2D eigenvalue weighted by Crippen LogP contribution is -2.07. The lowest BCUT2D eigenvalue weighted by Gasteiger charge is -2.11. The summed E-state index contributed by atoms with van der Waals surface area (Å²) in [6.45, 7) is 6.77. The fourth-order valence-corrected chi connectivity index (χ4v) is 2.63. The number of nitrogens with zero attached hydrogens (tertiary/aromatic N) is 4. The second-order valence-corrected chi connectivity index (χ2v) is 5.25. The predicted octanol–water partition coefficient (Wildman–Crippen LogP) is 3.09. The first-order chi connectivity index (χ1) is 9.52. The second-order valence-electron chi connectivity index (χ2n) is 4.81. The molecule has 0 amide bonds. The van der Waals surface area contributed by atoms with Crippen LogP contribution in [0.4, 0.5) is 5.95 Å². The van der Waals surface area contributed by atoms with Crippen molar-refractivity contribution in [3.05, 3.63) is 34.5 Å². The van der Waals surface area contributed by atoms with Gasteiger partial charge in [0.15, 0.2) is 5.65 Å². The molecule has 0 aliphatic heterocycles. The fraction of sp³-hybridized carbons (Fsp3) is 0.286. The van der Waals surface area contributed by atoms with Crippen LogP contribution in [0.3, 0.4) is 0 Å². The number of benzene rings is 1. The number of imidazole rings is 1. The molecule has 0 aliphatic rings. The first-order valence-electron chi connectivity index (χ1n) is 6.50. The maximum atomic E-state index is 6.12. The number of rotatable bonds is 2. The van der Waals surface area contributed by atoms with Crippen molar-refractivity contribution in [3.63, 3.8) is 0 Å². The minimum atomic E-state index is 0.452. The van der Waals surface area contributed by atoms with Gasteiger partial charge in [-0.05, 0) is 38.5 Å². The van der Waals surface area contributed by atoms with Gasteiger partial charge >= 0.3 is 0 Å². The van der Waals surface area contributed by atoms with Crippen molar-refractivity contribution in [2.45, 2.75) is 27.3 Å². The largest absolute Gasteiger partial charge is 0.369 e. The summed E-state index contributed by atoms with van der Waals surface area (Å²) in [6, 6.07) is 5.74. The third-order valence-electron chi connectivity index (χ3n) is 3.45. The standard InChI is InChI=1S/C14H16ClN5/c1-4-19-13-12(9(3)18-19)17-14(16)20(13)11-7-10(15)6-5-8(11)2/h5-7H,4H2,1-3H3,(H2,16,17). The molecule has 1 aromatic carbocycles. The minimum absolute atomic E-state index is 0.452. The Hall–Kier alpha value is -2.01. The maximum Gasteiger partial charge on any atom is 0.207 e. The summed E-state index contributed by atoms with van der Waals surface area (Å²) in [5.74, 6) is 0.452. The van der Waals surface area contributed by atoms with Crippen molar-refractivity contribution >= 4 is 28.7 Å². The summed E-state index contributed by atoms with van der Waals surface area (Å²) < 4.78 is 3.83. The quantitative estimate of drug-likeness (QED) is 0.788. The molecule has 0 aliphatic carbocycles. The predicted molar refractivity (Wildman–Crippen MR) is 81.4 cm³/mol. The van der Waals surface area contributed by atoms with E-state index in [0.717, 1.165) is 34.7 Å². The Balaban J connectivity index is 2.41. The van der Waals surface area contributed by atoms with Crippen molar-refractivity contribution in [1.29, 1.82) is 0 Å². The van der Waals surface area contributed by atoms with Crippen LogP contribution in [-0.2, 0) is 6.54 Å². The summed E-state index contributed by atoms with van der Waals surface area (Å²) >= 11 is 6.12. The third kappa shape index (κ3) is 1.78. The Bertz CT molecular complexity index is 800. The highest BCUT2D eigenvalue weighted by atomic mass is 35.5. The molecule has 2 aromatic heterocycles. The molecular formula is C14H16ClN5. The van der Waals surface area contributed by atoms with Crippen molar-refractivity contribution in [2.75, 3.05) is 5.73 Å². The zero-order chi connectivity index (χ0) is 14.4. The van der Waals surface area contributed by atoms with E-state index in [1.807, 2.05) is 48.2 Å². The normalized spacial score (nSPS) is 11.4. The molecule has 2 heterocycles. The number of nitrogens with two attached hydrogens (primary N) is 1. The molecule has 0 saturated heterocycles. The number of nitrogen functional groups attached to an aromatic ring is 1. The number of hydrogen-bond acceptors (Lipinski definition) is 3. The van der Waals surface area contributed by atoms with Crippen LogP contribution in [0.1, 0.15) is 18.2 Å². The average Bonchev–Trinajstić information content (AvgIpc) is 2.90. The van der Waals surface area contributed by atoms with E-state index in [1.165, 1.54) is 0 Å². The molecule has 6 heteroatoms. The van der Waals surface area contributed by atoms with Gasteiger partial charge < -0.3 is 5.73 Å². The monoisotopic (exact) mass is 289 g/mol. The highest BCUT2D eigenvalue weighted by Crippen LogP contribution is 2.28. The smallest absolute Gasteiger partial charge is 0.207 e. The molecule has 104 valence electrons. The topological polar surface area (TPSA) is 61.7 Å². The summed E-state index contributed by atoms with van der Waals surface area (Å²) in [7, 11) is 0. The number of aromatic nitrogens is 4. The number of fused-ring (bicyclic) bond motifs is 1. The van der Waals surface area contributed by atoms with Gasteiger partial charge in [0.2, 0.25) is 5.95 Å². The molecule has 0 saturated carbocycles. The Morgan fingerprint density at radius 2 is 2.05 bits per heavy atom. The molecule has 2 N–H and O–H groups in total. The van der Waals surface area contributed by atoms with Gasteiger partial charge in [-0.1, -0.05) is 17.7 Å². The second kappa shape index (κ2) is 4.52. The number of aryl methyl sites for hydroxylation is 3. The van der Waals surface area contributed by atoms with E-state index in [4.69, 9.17) is 17.3 Å². The Morgan fingerprint density at radius 3 is 2.75 bits per heavy atom. The van der Waals surface area contributed by atoms with Crippen molar-refractivity contribution in [2.24, 2.45) is 0 Å². The van der Waals surface area contributed by atoms with E-state index in [2.05, 4.69) is 10.1 Å². The first-order valence-corrected chi connectivity index (χ1v) is 6.88. The van der Waals surface area contributed by atoms with Crippen LogP contribution in [0.5, 0.6) is 0 Å². The van der Waals surface area contributed by atoms with Crippen LogP contribution in [0.15, 0.2) is 18.2 Å². The van der Waals surface area contributed by atoms with E-state index in [9.17, 15) is 0 Å². The van der Waals surface area contributed by atoms with E-state index in [1.54, 1.807) is 0 Å². The van der Waals surface area contributed by atoms with Gasteiger partial charge in [0.25, 0.3) is 0 Å². The van der Waals surface area contributed by atoms with E-state index < -0.39 is 0 Å². The molecule has 3 rings (SSSR count). The number of hydrogen-bond donors (Lipinski definition) is 1.